The van der Waals surface area contributed by atoms with Gasteiger partial charge in [0.25, 0.3) is 0 Å². The molecule has 6 aromatic rings. The summed E-state index contributed by atoms with van der Waals surface area (Å²) in [6, 6.07) is 50.6. The number of primary amides is 1. The van der Waals surface area contributed by atoms with Crippen LogP contribution in [0.15, 0.2) is 182 Å². The zero-order chi connectivity index (χ0) is 79.2. The molecule has 10 amide bonds. The smallest absolute Gasteiger partial charge is 0.243 e. The topological polar surface area (TPSA) is 342 Å². The quantitative estimate of drug-likeness (QED) is 0.0209. The van der Waals surface area contributed by atoms with Crippen molar-refractivity contribution in [3.8, 4) is 0 Å². The third-order valence-electron chi connectivity index (χ3n) is 20.0. The Kier molecular flexibility index (Phi) is 37.8. The van der Waals surface area contributed by atoms with Crippen LogP contribution in [0.4, 0.5) is 0 Å². The number of benzene rings is 6. The van der Waals surface area contributed by atoms with Crippen LogP contribution < -0.4 is 34.0 Å². The van der Waals surface area contributed by atoms with E-state index in [1.165, 1.54) is 44.1 Å². The van der Waals surface area contributed by atoms with E-state index in [9.17, 15) is 14.4 Å². The molecule has 0 bridgehead atoms. The summed E-state index contributed by atoms with van der Waals surface area (Å²) in [6.45, 7) is 8.37. The summed E-state index contributed by atoms with van der Waals surface area (Å²) in [6.07, 6.45) is 4.27. The summed E-state index contributed by atoms with van der Waals surface area (Å²) in [7, 11) is 0. The first kappa shape index (κ1) is 87.7. The Labute approximate surface area is 644 Å². The molecule has 109 heavy (non-hydrogen) atoms. The number of carbonyl (C=O) groups excluding carboxylic acids is 10. The van der Waals surface area contributed by atoms with E-state index in [1.54, 1.807) is 52.0 Å². The summed E-state index contributed by atoms with van der Waals surface area (Å²) in [4.78, 5) is 162. The summed E-state index contributed by atoms with van der Waals surface area (Å²) in [5.41, 5.74) is 33.5. The summed E-state index contributed by atoms with van der Waals surface area (Å²) < 4.78 is 0. The summed E-state index contributed by atoms with van der Waals surface area (Å²) >= 11 is 0. The Bertz CT molecular complexity index is 3780. The largest absolute Gasteiger partial charge is 0.368 e. The molecule has 0 aromatic heterocycles. The molecule has 6 atom stereocenters. The first-order chi connectivity index (χ1) is 52.5. The molecule has 6 rings (SSSR count). The van der Waals surface area contributed by atoms with Crippen molar-refractivity contribution in [1.82, 2.24) is 49.4 Å². The highest BCUT2D eigenvalue weighted by Gasteiger charge is 2.38. The van der Waals surface area contributed by atoms with Crippen molar-refractivity contribution in [3.63, 3.8) is 0 Å². The number of nitrogens with two attached hydrogens (primary N) is 5. The molecule has 0 aliphatic rings. The number of unbranched alkanes of at least 4 members (excludes halogenated alkanes) is 4. The second-order valence-electron chi connectivity index (χ2n) is 27.7. The lowest BCUT2D eigenvalue weighted by molar-refractivity contribution is -0.151. The lowest BCUT2D eigenvalue weighted by atomic mass is 10.0. The first-order valence-corrected chi connectivity index (χ1v) is 38.2. The highest BCUT2D eigenvalue weighted by Crippen LogP contribution is 2.29. The van der Waals surface area contributed by atoms with Gasteiger partial charge in [-0.3, -0.25) is 47.9 Å². The molecule has 11 N–H and O–H groups in total. The van der Waals surface area contributed by atoms with Crippen LogP contribution in [0.5, 0.6) is 0 Å². The van der Waals surface area contributed by atoms with Gasteiger partial charge in [-0.05, 0) is 159 Å². The van der Waals surface area contributed by atoms with Crippen LogP contribution in [0.2, 0.25) is 0 Å². The molecule has 0 fully saturated rings. The Hall–Kier alpha value is -10.2. The minimum Gasteiger partial charge on any atom is -0.368 e. The number of hydrogen-bond donors (Lipinski definition) is 6. The average Bonchev–Trinajstić information content (AvgIpc) is 0.824. The van der Waals surface area contributed by atoms with E-state index in [1.807, 2.05) is 172 Å². The molecule has 0 unspecified atom stereocenters. The van der Waals surface area contributed by atoms with Crippen LogP contribution in [-0.2, 0) is 47.9 Å². The normalized spacial score (nSPS) is 12.8. The Morgan fingerprint density at radius 3 is 0.697 bits per heavy atom. The number of nitrogens with one attached hydrogen (secondary N) is 1. The van der Waals surface area contributed by atoms with Crippen molar-refractivity contribution in [2.24, 2.45) is 28.7 Å². The monoisotopic (exact) mass is 1500 g/mol. The van der Waals surface area contributed by atoms with Crippen molar-refractivity contribution >= 4 is 59.1 Å². The standard InChI is InChI=1S/C84H117N15O10/c1-63(69-33-13-7-14-34-69)94(76(101)53-90-49-29-25-45-85)60-82(107)96(65(3)71-37-17-9-18-38-71)58-78(103)92(51-31-27-47-87)55-81(106)99(68(6)74-43-23-12-24-44-74)62-84(109)97(66(4)72-39-19-10-20-40-72)59-79(104)93(52-32-28-48-88)56-80(105)98(67(5)73-41-21-11-22-42-73)61-83(108)95(64(2)70-35-15-8-16-36-70)57-77(102)91(54-75(89)100)50-30-26-46-86/h7-24,33-44,63-68,90H,25-32,45-62,85-88H2,1-6H3,(H2,89,100)/t63-,64-,65-,66-,67-,68-/m0/s1. The molecule has 0 saturated carbocycles. The molecule has 25 heteroatoms. The minimum atomic E-state index is -0.806. The Morgan fingerprint density at radius 2 is 0.468 bits per heavy atom. The fourth-order valence-corrected chi connectivity index (χ4v) is 13.2. The van der Waals surface area contributed by atoms with Crippen molar-refractivity contribution in [3.05, 3.63) is 215 Å². The third kappa shape index (κ3) is 27.8. The predicted octanol–water partition coefficient (Wildman–Crippen LogP) is 7.04. The van der Waals surface area contributed by atoms with Gasteiger partial charge < -0.3 is 78.1 Å². The first-order valence-electron chi connectivity index (χ1n) is 38.2. The van der Waals surface area contributed by atoms with Gasteiger partial charge in [0.1, 0.15) is 39.3 Å². The SMILES string of the molecule is C[C@@H](c1ccccc1)N(CC(=O)N(CCCCN)CC(=O)N(CC(=O)N(CC(=O)N(CCCCN)CC(=O)N(CC(=O)N(CC(=O)N(CCCCN)CC(N)=O)[C@@H](C)c1ccccc1)[C@@H](C)c1ccccc1)[C@@H](C)c1ccccc1)[C@@H](C)c1ccccc1)C(=O)CN(C(=O)CNCCCCN)[C@@H](C)c1ccccc1. The molecule has 0 heterocycles. The number of carbonyl (C=O) groups is 10. The molecule has 0 saturated heterocycles. The Balaban J connectivity index is 1.36. The van der Waals surface area contributed by atoms with Gasteiger partial charge in [-0.2, -0.15) is 0 Å². The second kappa shape index (κ2) is 46.9. The molecule has 25 nitrogen and oxygen atoms in total. The van der Waals surface area contributed by atoms with Crippen LogP contribution >= 0.6 is 0 Å². The fourth-order valence-electron chi connectivity index (χ4n) is 13.2. The second-order valence-corrected chi connectivity index (χ2v) is 27.7. The third-order valence-corrected chi connectivity index (χ3v) is 20.0. The predicted molar refractivity (Wildman–Crippen MR) is 424 cm³/mol. The maximum absolute atomic E-state index is 15.8. The van der Waals surface area contributed by atoms with Gasteiger partial charge in [0.2, 0.25) is 59.1 Å². The van der Waals surface area contributed by atoms with E-state index >= 15 is 33.6 Å². The zero-order valence-corrected chi connectivity index (χ0v) is 64.7. The van der Waals surface area contributed by atoms with Gasteiger partial charge in [0, 0.05) is 19.6 Å². The van der Waals surface area contributed by atoms with Crippen molar-refractivity contribution in [2.75, 3.05) is 118 Å². The molecular weight excluding hydrogens is 1380 g/mol. The highest BCUT2D eigenvalue weighted by atomic mass is 16.2. The molecule has 0 aliphatic carbocycles. The number of amides is 10. The Morgan fingerprint density at radius 1 is 0.266 bits per heavy atom. The number of nitrogens with zero attached hydrogens (tertiary/aromatic N) is 9. The zero-order valence-electron chi connectivity index (χ0n) is 64.7. The van der Waals surface area contributed by atoms with Gasteiger partial charge in [0.05, 0.1) is 62.4 Å². The van der Waals surface area contributed by atoms with E-state index < -0.39 is 135 Å². The van der Waals surface area contributed by atoms with Crippen LogP contribution in [0.3, 0.4) is 0 Å². The van der Waals surface area contributed by atoms with Gasteiger partial charge in [-0.15, -0.1) is 0 Å². The molecular formula is C84H117N15O10. The molecule has 0 radical (unpaired) electrons. The van der Waals surface area contributed by atoms with Crippen LogP contribution in [-0.4, -0.2) is 221 Å². The number of hydrogen-bond acceptors (Lipinski definition) is 15. The van der Waals surface area contributed by atoms with E-state index in [2.05, 4.69) is 5.32 Å². The van der Waals surface area contributed by atoms with Gasteiger partial charge in [0.15, 0.2) is 0 Å². The van der Waals surface area contributed by atoms with Crippen LogP contribution in [0.1, 0.15) is 163 Å². The number of rotatable bonds is 48. The van der Waals surface area contributed by atoms with E-state index in [0.29, 0.717) is 80.4 Å². The fraction of sp³-hybridized carbons (Fsp3) is 0.452. The van der Waals surface area contributed by atoms with Crippen molar-refractivity contribution in [1.29, 1.82) is 0 Å². The lowest BCUT2D eigenvalue weighted by Gasteiger charge is -2.38. The van der Waals surface area contributed by atoms with Gasteiger partial charge >= 0.3 is 0 Å². The van der Waals surface area contributed by atoms with Gasteiger partial charge in [-0.1, -0.05) is 182 Å². The van der Waals surface area contributed by atoms with Crippen molar-refractivity contribution < 1.29 is 47.9 Å². The van der Waals surface area contributed by atoms with Crippen LogP contribution in [0, 0.1) is 0 Å². The van der Waals surface area contributed by atoms with Crippen LogP contribution in [0.25, 0.3) is 0 Å². The van der Waals surface area contributed by atoms with Crippen molar-refractivity contribution in [2.45, 2.75) is 129 Å². The summed E-state index contributed by atoms with van der Waals surface area (Å²) in [5, 5.41) is 3.21. The maximum Gasteiger partial charge on any atom is 0.243 e. The molecule has 0 aliphatic heterocycles. The molecule has 0 spiro atoms. The van der Waals surface area contributed by atoms with E-state index in [-0.39, 0.29) is 58.3 Å². The molecule has 588 valence electrons. The van der Waals surface area contributed by atoms with E-state index in [0.717, 1.165) is 24.0 Å². The average molecular weight is 1500 g/mol. The van der Waals surface area contributed by atoms with Gasteiger partial charge in [-0.25, -0.2) is 0 Å². The maximum atomic E-state index is 15.8. The summed E-state index contributed by atoms with van der Waals surface area (Å²) in [5.74, 6) is -5.78. The highest BCUT2D eigenvalue weighted by molar-refractivity contribution is 5.95. The lowest BCUT2D eigenvalue weighted by Crippen LogP contribution is -2.53. The minimum absolute atomic E-state index is 0.0179. The molecule has 6 aromatic carbocycles. The van der Waals surface area contributed by atoms with E-state index in [4.69, 9.17) is 28.7 Å².